The lowest BCUT2D eigenvalue weighted by atomic mass is 10.1. The zero-order valence-corrected chi connectivity index (χ0v) is 12.2. The highest BCUT2D eigenvalue weighted by Crippen LogP contribution is 2.26. The molecule has 0 saturated heterocycles. The first-order chi connectivity index (χ1) is 10.0. The highest BCUT2D eigenvalue weighted by atomic mass is 16.3. The number of pyridine rings is 1. The predicted octanol–water partition coefficient (Wildman–Crippen LogP) is 1.52. The second kappa shape index (κ2) is 5.78. The topological polar surface area (TPSA) is 93.0 Å². The molecule has 0 atom stereocenters. The molecule has 2 heterocycles. The summed E-state index contributed by atoms with van der Waals surface area (Å²) in [6.45, 7) is 3.85. The van der Waals surface area contributed by atoms with Crippen molar-refractivity contribution in [1.29, 1.82) is 0 Å². The number of aromatic hydroxyl groups is 1. The van der Waals surface area contributed by atoms with Gasteiger partial charge in [0.25, 0.3) is 5.56 Å². The molecule has 0 amide bonds. The molecule has 6 nitrogen and oxygen atoms in total. The van der Waals surface area contributed by atoms with Gasteiger partial charge in [0.15, 0.2) is 11.4 Å². The Morgan fingerprint density at radius 3 is 2.81 bits per heavy atom. The van der Waals surface area contributed by atoms with Crippen molar-refractivity contribution < 1.29 is 5.11 Å². The van der Waals surface area contributed by atoms with Crippen molar-refractivity contribution in [3.05, 3.63) is 46.1 Å². The van der Waals surface area contributed by atoms with E-state index in [9.17, 15) is 9.90 Å². The van der Waals surface area contributed by atoms with Gasteiger partial charge in [-0.25, -0.2) is 4.98 Å². The maximum atomic E-state index is 12.3. The van der Waals surface area contributed by atoms with Gasteiger partial charge >= 0.3 is 0 Å². The second-order valence-corrected chi connectivity index (χ2v) is 4.95. The largest absolute Gasteiger partial charge is 0.504 e. The van der Waals surface area contributed by atoms with Crippen LogP contribution in [0.2, 0.25) is 0 Å². The molecular weight excluding hydrogens is 268 g/mol. The van der Waals surface area contributed by atoms with Crippen molar-refractivity contribution in [1.82, 2.24) is 9.38 Å². The molecule has 3 N–H and O–H groups in total. The fourth-order valence-electron chi connectivity index (χ4n) is 2.12. The molecule has 0 aliphatic carbocycles. The maximum Gasteiger partial charge on any atom is 0.261 e. The summed E-state index contributed by atoms with van der Waals surface area (Å²) in [5, 5.41) is 10.4. The smallest absolute Gasteiger partial charge is 0.261 e. The number of hydrogen-bond acceptors (Lipinski definition) is 5. The highest BCUT2D eigenvalue weighted by Gasteiger charge is 2.14. The Kier molecular flexibility index (Phi) is 4.07. The van der Waals surface area contributed by atoms with E-state index >= 15 is 0 Å². The minimum Gasteiger partial charge on any atom is -0.504 e. The molecule has 0 aromatic carbocycles. The Morgan fingerprint density at radius 2 is 2.24 bits per heavy atom. The number of allylic oxidation sites excluding steroid dienone is 1. The van der Waals surface area contributed by atoms with Crippen LogP contribution in [0.1, 0.15) is 30.9 Å². The Bertz CT molecular complexity index is 788. The molecule has 0 unspecified atom stereocenters. The summed E-state index contributed by atoms with van der Waals surface area (Å²) in [6, 6.07) is 1.62. The normalized spacial score (nSPS) is 12.7. The van der Waals surface area contributed by atoms with E-state index in [-0.39, 0.29) is 22.9 Å². The predicted molar refractivity (Wildman–Crippen MR) is 83.8 cm³/mol. The standard InChI is InChI=1S/C15H18N4O2/c1-9(2)12-8-18-14-13(20)11(10(6-16)7-17-3)4-5-19(14)15(12)21/h4-9,20H,16H2,1-3H3. The molecule has 0 bridgehead atoms. The number of nitrogens with zero attached hydrogens (tertiary/aromatic N) is 3. The first-order valence-corrected chi connectivity index (χ1v) is 6.59. The summed E-state index contributed by atoms with van der Waals surface area (Å²) in [5.41, 5.74) is 7.20. The van der Waals surface area contributed by atoms with Gasteiger partial charge in [0.05, 0.1) is 0 Å². The second-order valence-electron chi connectivity index (χ2n) is 4.95. The van der Waals surface area contributed by atoms with Crippen LogP contribution in [0.15, 0.2) is 34.4 Å². The van der Waals surface area contributed by atoms with Crippen LogP contribution in [0.5, 0.6) is 5.75 Å². The van der Waals surface area contributed by atoms with Gasteiger partial charge < -0.3 is 10.8 Å². The minimum absolute atomic E-state index is 0.0652. The first-order valence-electron chi connectivity index (χ1n) is 6.59. The van der Waals surface area contributed by atoms with E-state index < -0.39 is 0 Å². The molecule has 21 heavy (non-hydrogen) atoms. The molecule has 0 fully saturated rings. The van der Waals surface area contributed by atoms with Crippen molar-refractivity contribution in [3.63, 3.8) is 0 Å². The fourth-order valence-corrected chi connectivity index (χ4v) is 2.12. The molecule has 0 aliphatic rings. The van der Waals surface area contributed by atoms with E-state index in [1.165, 1.54) is 23.0 Å². The van der Waals surface area contributed by atoms with Crippen molar-refractivity contribution >= 4 is 17.4 Å². The Hall–Kier alpha value is -2.63. The summed E-state index contributed by atoms with van der Waals surface area (Å²) in [6.07, 6.45) is 5.97. The quantitative estimate of drug-likeness (QED) is 0.837. The van der Waals surface area contributed by atoms with Crippen LogP contribution in [-0.4, -0.2) is 27.8 Å². The Balaban J connectivity index is 2.75. The minimum atomic E-state index is -0.181. The van der Waals surface area contributed by atoms with Crippen molar-refractivity contribution in [2.75, 3.05) is 7.05 Å². The van der Waals surface area contributed by atoms with Gasteiger partial charge in [-0.1, -0.05) is 13.8 Å². The molecule has 0 radical (unpaired) electrons. The number of rotatable bonds is 3. The third-order valence-corrected chi connectivity index (χ3v) is 3.26. The number of aliphatic imine (C=N–C) groups is 1. The van der Waals surface area contributed by atoms with E-state index in [0.717, 1.165) is 0 Å². The fraction of sp³-hybridized carbons (Fsp3) is 0.267. The third kappa shape index (κ3) is 2.52. The highest BCUT2D eigenvalue weighted by molar-refractivity contribution is 6.11. The van der Waals surface area contributed by atoms with Gasteiger partial charge in [0.2, 0.25) is 0 Å². The number of fused-ring (bicyclic) bond motifs is 1. The Labute approximate surface area is 122 Å². The average molecular weight is 286 g/mol. The number of hydrogen-bond donors (Lipinski definition) is 2. The van der Waals surface area contributed by atoms with Crippen LogP contribution in [0.4, 0.5) is 0 Å². The van der Waals surface area contributed by atoms with Gasteiger partial charge in [0.1, 0.15) is 0 Å². The molecule has 110 valence electrons. The molecule has 2 rings (SSSR count). The van der Waals surface area contributed by atoms with E-state index in [0.29, 0.717) is 16.7 Å². The van der Waals surface area contributed by atoms with Crippen LogP contribution >= 0.6 is 0 Å². The average Bonchev–Trinajstić information content (AvgIpc) is 2.46. The van der Waals surface area contributed by atoms with Crippen LogP contribution in [0, 0.1) is 0 Å². The summed E-state index contributed by atoms with van der Waals surface area (Å²) < 4.78 is 1.34. The lowest BCUT2D eigenvalue weighted by molar-refractivity contribution is 0.475. The summed E-state index contributed by atoms with van der Waals surface area (Å²) in [4.78, 5) is 20.4. The van der Waals surface area contributed by atoms with Gasteiger partial charge in [-0.15, -0.1) is 0 Å². The summed E-state index contributed by atoms with van der Waals surface area (Å²) in [7, 11) is 1.61. The summed E-state index contributed by atoms with van der Waals surface area (Å²) >= 11 is 0. The van der Waals surface area contributed by atoms with E-state index in [4.69, 9.17) is 5.73 Å². The van der Waals surface area contributed by atoms with E-state index in [1.54, 1.807) is 19.3 Å². The molecule has 0 aliphatic heterocycles. The molecule has 2 aromatic heterocycles. The monoisotopic (exact) mass is 286 g/mol. The Morgan fingerprint density at radius 1 is 1.52 bits per heavy atom. The molecule has 0 saturated carbocycles. The molecule has 6 heteroatoms. The molecule has 0 spiro atoms. The van der Waals surface area contributed by atoms with Crippen LogP contribution in [-0.2, 0) is 0 Å². The van der Waals surface area contributed by atoms with Gasteiger partial charge in [-0.2, -0.15) is 0 Å². The lowest BCUT2D eigenvalue weighted by Gasteiger charge is -2.11. The molecular formula is C15H18N4O2. The van der Waals surface area contributed by atoms with Crippen molar-refractivity contribution in [3.8, 4) is 5.75 Å². The van der Waals surface area contributed by atoms with Crippen LogP contribution < -0.4 is 11.3 Å². The number of nitrogens with two attached hydrogens (primary N) is 1. The number of aromatic nitrogens is 2. The van der Waals surface area contributed by atoms with Crippen molar-refractivity contribution in [2.24, 2.45) is 10.7 Å². The summed E-state index contributed by atoms with van der Waals surface area (Å²) in [5.74, 6) is -0.0306. The van der Waals surface area contributed by atoms with Crippen LogP contribution in [0.25, 0.3) is 11.2 Å². The first kappa shape index (κ1) is 14.8. The zero-order valence-electron chi connectivity index (χ0n) is 12.2. The van der Waals surface area contributed by atoms with Crippen LogP contribution in [0.3, 0.4) is 0 Å². The zero-order chi connectivity index (χ0) is 15.6. The maximum absolute atomic E-state index is 12.3. The van der Waals surface area contributed by atoms with Gasteiger partial charge in [-0.05, 0) is 12.0 Å². The van der Waals surface area contributed by atoms with Gasteiger partial charge in [0, 0.05) is 48.6 Å². The van der Waals surface area contributed by atoms with Crippen molar-refractivity contribution in [2.45, 2.75) is 19.8 Å². The molecule has 2 aromatic rings. The third-order valence-electron chi connectivity index (χ3n) is 3.26. The SMILES string of the molecule is CN=CC(=CN)c1ccn2c(=O)c(C(C)C)cnc2c1O. The van der Waals surface area contributed by atoms with E-state index in [2.05, 4.69) is 9.98 Å². The lowest BCUT2D eigenvalue weighted by Crippen LogP contribution is -2.20. The van der Waals surface area contributed by atoms with E-state index in [1.807, 2.05) is 13.8 Å². The van der Waals surface area contributed by atoms with Gasteiger partial charge in [-0.3, -0.25) is 14.2 Å².